The SMILES string of the molecule is NCCC(O)c1cccc(OCC2CCCS(=O)(=O)C2)c1. The summed E-state index contributed by atoms with van der Waals surface area (Å²) in [5.41, 5.74) is 6.21. The van der Waals surface area contributed by atoms with Crippen LogP contribution >= 0.6 is 0 Å². The van der Waals surface area contributed by atoms with Crippen molar-refractivity contribution >= 4 is 9.84 Å². The molecule has 5 nitrogen and oxygen atoms in total. The Kier molecular flexibility index (Phi) is 5.61. The summed E-state index contributed by atoms with van der Waals surface area (Å²) in [6.07, 6.45) is 1.51. The molecule has 1 fully saturated rings. The van der Waals surface area contributed by atoms with Crippen LogP contribution in [0.1, 0.15) is 30.9 Å². The number of ether oxygens (including phenoxy) is 1. The average molecular weight is 313 g/mol. The maximum atomic E-state index is 11.6. The minimum absolute atomic E-state index is 0.0568. The molecule has 3 N–H and O–H groups in total. The molecule has 0 amide bonds. The van der Waals surface area contributed by atoms with Gasteiger partial charge in [-0.15, -0.1) is 0 Å². The van der Waals surface area contributed by atoms with Gasteiger partial charge in [0.25, 0.3) is 0 Å². The van der Waals surface area contributed by atoms with Gasteiger partial charge < -0.3 is 15.6 Å². The van der Waals surface area contributed by atoms with Crippen LogP contribution in [0.2, 0.25) is 0 Å². The normalized spacial score (nSPS) is 22.7. The van der Waals surface area contributed by atoms with Crippen molar-refractivity contribution < 1.29 is 18.3 Å². The van der Waals surface area contributed by atoms with E-state index >= 15 is 0 Å². The Hall–Kier alpha value is -1.11. The summed E-state index contributed by atoms with van der Waals surface area (Å²) >= 11 is 0. The Labute approximate surface area is 126 Å². The van der Waals surface area contributed by atoms with Gasteiger partial charge in [0.1, 0.15) is 5.75 Å². The van der Waals surface area contributed by atoms with Crippen molar-refractivity contribution in [2.24, 2.45) is 11.7 Å². The molecule has 0 aromatic heterocycles. The monoisotopic (exact) mass is 313 g/mol. The topological polar surface area (TPSA) is 89.6 Å². The highest BCUT2D eigenvalue weighted by molar-refractivity contribution is 7.91. The summed E-state index contributed by atoms with van der Waals surface area (Å²) in [7, 11) is -2.90. The zero-order valence-corrected chi connectivity index (χ0v) is 12.9. The minimum Gasteiger partial charge on any atom is -0.493 e. The summed E-state index contributed by atoms with van der Waals surface area (Å²) in [4.78, 5) is 0. The predicted octanol–water partition coefficient (Wildman–Crippen LogP) is 1.27. The van der Waals surface area contributed by atoms with Crippen LogP contribution in [0.15, 0.2) is 24.3 Å². The molecule has 21 heavy (non-hydrogen) atoms. The second-order valence-electron chi connectivity index (χ2n) is 5.60. The second kappa shape index (κ2) is 7.24. The first-order valence-electron chi connectivity index (χ1n) is 7.31. The van der Waals surface area contributed by atoms with Crippen molar-refractivity contribution in [2.75, 3.05) is 24.7 Å². The van der Waals surface area contributed by atoms with E-state index in [0.29, 0.717) is 37.5 Å². The van der Waals surface area contributed by atoms with Gasteiger partial charge in [-0.3, -0.25) is 0 Å². The Morgan fingerprint density at radius 2 is 2.24 bits per heavy atom. The summed E-state index contributed by atoms with van der Waals surface area (Å²) in [6, 6.07) is 7.26. The van der Waals surface area contributed by atoms with E-state index in [1.807, 2.05) is 18.2 Å². The smallest absolute Gasteiger partial charge is 0.150 e. The van der Waals surface area contributed by atoms with E-state index in [0.717, 1.165) is 12.0 Å². The third-order valence-corrected chi connectivity index (χ3v) is 5.62. The third kappa shape index (κ3) is 4.98. The molecule has 0 bridgehead atoms. The van der Waals surface area contributed by atoms with Crippen LogP contribution in [0.25, 0.3) is 0 Å². The molecule has 1 aliphatic rings. The lowest BCUT2D eigenvalue weighted by Gasteiger charge is -2.22. The van der Waals surface area contributed by atoms with E-state index in [9.17, 15) is 13.5 Å². The predicted molar refractivity (Wildman–Crippen MR) is 81.9 cm³/mol. The molecule has 1 aliphatic heterocycles. The van der Waals surface area contributed by atoms with Gasteiger partial charge in [-0.25, -0.2) is 8.42 Å². The van der Waals surface area contributed by atoms with Gasteiger partial charge in [-0.05, 0) is 43.5 Å². The van der Waals surface area contributed by atoms with Crippen LogP contribution in [-0.2, 0) is 9.84 Å². The highest BCUT2D eigenvalue weighted by Gasteiger charge is 2.25. The van der Waals surface area contributed by atoms with Gasteiger partial charge in [0, 0.05) is 5.92 Å². The summed E-state index contributed by atoms with van der Waals surface area (Å²) in [6.45, 7) is 0.821. The molecule has 0 radical (unpaired) electrons. The Morgan fingerprint density at radius 1 is 1.43 bits per heavy atom. The van der Waals surface area contributed by atoms with E-state index < -0.39 is 15.9 Å². The Balaban J connectivity index is 1.92. The van der Waals surface area contributed by atoms with E-state index in [-0.39, 0.29) is 11.7 Å². The molecule has 0 aliphatic carbocycles. The van der Waals surface area contributed by atoms with Crippen molar-refractivity contribution in [3.8, 4) is 5.75 Å². The molecule has 6 heteroatoms. The van der Waals surface area contributed by atoms with Crippen molar-refractivity contribution in [2.45, 2.75) is 25.4 Å². The average Bonchev–Trinajstić information content (AvgIpc) is 2.45. The molecule has 2 unspecified atom stereocenters. The van der Waals surface area contributed by atoms with Crippen molar-refractivity contribution in [1.29, 1.82) is 0 Å². The number of aliphatic hydroxyl groups is 1. The number of benzene rings is 1. The number of rotatable bonds is 6. The number of sulfone groups is 1. The zero-order chi connectivity index (χ0) is 15.3. The lowest BCUT2D eigenvalue weighted by Crippen LogP contribution is -2.29. The fraction of sp³-hybridized carbons (Fsp3) is 0.600. The van der Waals surface area contributed by atoms with Crippen LogP contribution in [0.3, 0.4) is 0 Å². The first-order chi connectivity index (χ1) is 10.00. The lowest BCUT2D eigenvalue weighted by atomic mass is 10.1. The van der Waals surface area contributed by atoms with Crippen LogP contribution in [-0.4, -0.2) is 38.2 Å². The third-order valence-electron chi connectivity index (χ3n) is 3.73. The van der Waals surface area contributed by atoms with Gasteiger partial charge in [0.2, 0.25) is 0 Å². The van der Waals surface area contributed by atoms with E-state index in [1.54, 1.807) is 6.07 Å². The molecule has 1 aromatic rings. The maximum absolute atomic E-state index is 11.6. The second-order valence-corrected chi connectivity index (χ2v) is 7.83. The molecule has 1 heterocycles. The lowest BCUT2D eigenvalue weighted by molar-refractivity contribution is 0.169. The molecule has 2 rings (SSSR count). The quantitative estimate of drug-likeness (QED) is 0.825. The summed E-state index contributed by atoms with van der Waals surface area (Å²) < 4.78 is 28.9. The van der Waals surface area contributed by atoms with Crippen molar-refractivity contribution in [3.63, 3.8) is 0 Å². The van der Waals surface area contributed by atoms with E-state index in [2.05, 4.69) is 0 Å². The number of hydrogen-bond donors (Lipinski definition) is 2. The van der Waals surface area contributed by atoms with Crippen LogP contribution in [0.4, 0.5) is 0 Å². The standard InChI is InChI=1S/C15H23NO4S/c16-7-6-15(17)13-4-1-5-14(9-13)20-10-12-3-2-8-21(18,19)11-12/h1,4-5,9,12,15,17H,2-3,6-8,10-11,16H2. The Morgan fingerprint density at radius 3 is 2.95 bits per heavy atom. The molecule has 1 saturated heterocycles. The molecule has 0 spiro atoms. The van der Waals surface area contributed by atoms with Crippen molar-refractivity contribution in [1.82, 2.24) is 0 Å². The first-order valence-corrected chi connectivity index (χ1v) is 9.13. The number of hydrogen-bond acceptors (Lipinski definition) is 5. The van der Waals surface area contributed by atoms with Crippen LogP contribution in [0.5, 0.6) is 5.75 Å². The van der Waals surface area contributed by atoms with E-state index in [1.165, 1.54) is 0 Å². The molecule has 2 atom stereocenters. The molecular weight excluding hydrogens is 290 g/mol. The fourth-order valence-corrected chi connectivity index (χ4v) is 4.35. The fourth-order valence-electron chi connectivity index (χ4n) is 2.60. The minimum atomic E-state index is -2.90. The van der Waals surface area contributed by atoms with Gasteiger partial charge in [0.05, 0.1) is 24.2 Å². The molecular formula is C15H23NO4S. The highest BCUT2D eigenvalue weighted by Crippen LogP contribution is 2.23. The van der Waals surface area contributed by atoms with Gasteiger partial charge >= 0.3 is 0 Å². The first kappa shape index (κ1) is 16.3. The molecule has 1 aromatic carbocycles. The van der Waals surface area contributed by atoms with Gasteiger partial charge in [-0.1, -0.05) is 12.1 Å². The van der Waals surface area contributed by atoms with Gasteiger partial charge in [-0.2, -0.15) is 0 Å². The van der Waals surface area contributed by atoms with E-state index in [4.69, 9.17) is 10.5 Å². The zero-order valence-electron chi connectivity index (χ0n) is 12.1. The van der Waals surface area contributed by atoms with Crippen LogP contribution in [0, 0.1) is 5.92 Å². The van der Waals surface area contributed by atoms with Crippen molar-refractivity contribution in [3.05, 3.63) is 29.8 Å². The molecule has 0 saturated carbocycles. The number of aliphatic hydroxyl groups excluding tert-OH is 1. The Bertz CT molecular complexity index is 559. The summed E-state index contributed by atoms with van der Waals surface area (Å²) in [5.74, 6) is 1.22. The molecule has 118 valence electrons. The number of nitrogens with two attached hydrogens (primary N) is 1. The summed E-state index contributed by atoms with van der Waals surface area (Å²) in [5, 5.41) is 9.92. The van der Waals surface area contributed by atoms with Gasteiger partial charge in [0.15, 0.2) is 9.84 Å². The largest absolute Gasteiger partial charge is 0.493 e. The maximum Gasteiger partial charge on any atom is 0.150 e. The van der Waals surface area contributed by atoms with Crippen LogP contribution < -0.4 is 10.5 Å². The highest BCUT2D eigenvalue weighted by atomic mass is 32.2.